The normalized spacial score (nSPS) is 16.0. The van der Waals surface area contributed by atoms with Crippen LogP contribution in [-0.2, 0) is 9.59 Å². The highest BCUT2D eigenvalue weighted by Crippen LogP contribution is 2.29. The van der Waals surface area contributed by atoms with Gasteiger partial charge in [0.1, 0.15) is 0 Å². The van der Waals surface area contributed by atoms with Gasteiger partial charge in [-0.05, 0) is 0 Å². The summed E-state index contributed by atoms with van der Waals surface area (Å²) in [6, 6.07) is 1.50. The first-order valence-corrected chi connectivity index (χ1v) is 4.54. The Morgan fingerprint density at radius 3 is 1.94 bits per heavy atom. The molecule has 84 valence electrons. The summed E-state index contributed by atoms with van der Waals surface area (Å²) in [5.74, 6) is -4.54. The lowest BCUT2D eigenvalue weighted by molar-refractivity contribution is -0.121. The number of hydrogen-bond donors (Lipinski definition) is 1. The highest BCUT2D eigenvalue weighted by Gasteiger charge is 2.31. The van der Waals surface area contributed by atoms with Crippen molar-refractivity contribution >= 4 is 17.5 Å². The molecule has 16 heavy (non-hydrogen) atoms. The van der Waals surface area contributed by atoms with Crippen LogP contribution in [0, 0.1) is 11.6 Å². The van der Waals surface area contributed by atoms with Crippen LogP contribution in [0.25, 0.3) is 0 Å². The molecule has 1 fully saturated rings. The number of rotatable bonds is 1. The van der Waals surface area contributed by atoms with E-state index in [1.54, 1.807) is 0 Å². The highest BCUT2D eigenvalue weighted by molar-refractivity contribution is 6.19. The molecule has 1 heterocycles. The summed E-state index contributed by atoms with van der Waals surface area (Å²) < 4.78 is 26.0. The maximum atomic E-state index is 13.0. The number of imide groups is 1. The second kappa shape index (κ2) is 3.55. The van der Waals surface area contributed by atoms with Crippen molar-refractivity contribution in [1.29, 1.82) is 0 Å². The number of hydrogen-bond acceptors (Lipinski definition) is 3. The predicted molar refractivity (Wildman–Crippen MR) is 49.7 cm³/mol. The Balaban J connectivity index is 2.48. The lowest BCUT2D eigenvalue weighted by Gasteiger charge is -2.14. The van der Waals surface area contributed by atoms with Crippen LogP contribution in [0.1, 0.15) is 12.8 Å². The van der Waals surface area contributed by atoms with Gasteiger partial charge in [-0.1, -0.05) is 0 Å². The molecular formula is C10H7F2NO3. The Morgan fingerprint density at radius 1 is 1.06 bits per heavy atom. The number of nitrogens with zero attached hydrogens (tertiary/aromatic N) is 1. The van der Waals surface area contributed by atoms with Crippen LogP contribution in [0.5, 0.6) is 5.75 Å². The van der Waals surface area contributed by atoms with E-state index in [9.17, 15) is 18.4 Å². The Kier molecular flexibility index (Phi) is 2.34. The molecule has 0 aliphatic carbocycles. The topological polar surface area (TPSA) is 57.6 Å². The zero-order chi connectivity index (χ0) is 11.9. The lowest BCUT2D eigenvalue weighted by atomic mass is 10.2. The van der Waals surface area contributed by atoms with E-state index in [2.05, 4.69) is 0 Å². The summed E-state index contributed by atoms with van der Waals surface area (Å²) in [6.07, 6.45) is 0.0614. The molecule has 0 unspecified atom stereocenters. The zero-order valence-corrected chi connectivity index (χ0v) is 8.04. The molecule has 0 atom stereocenters. The van der Waals surface area contributed by atoms with Gasteiger partial charge in [0.2, 0.25) is 11.8 Å². The molecule has 1 saturated heterocycles. The number of phenolic OH excluding ortho intramolecular Hbond substituents is 1. The van der Waals surface area contributed by atoms with Gasteiger partial charge in [-0.25, -0.2) is 8.78 Å². The molecule has 2 rings (SSSR count). The zero-order valence-electron chi connectivity index (χ0n) is 8.04. The second-order valence-electron chi connectivity index (χ2n) is 3.38. The Labute approximate surface area is 89.1 Å². The SMILES string of the molecule is O=C1CCC(=O)N1c1cc(F)c(O)c(F)c1. The Morgan fingerprint density at radius 2 is 1.50 bits per heavy atom. The van der Waals surface area contributed by atoms with Gasteiger partial charge >= 0.3 is 0 Å². The van der Waals surface area contributed by atoms with Crippen LogP contribution in [-0.4, -0.2) is 16.9 Å². The Bertz CT molecular complexity index is 448. The van der Waals surface area contributed by atoms with E-state index in [-0.39, 0.29) is 18.5 Å². The first kappa shape index (κ1) is 10.5. The number of phenols is 1. The third-order valence-electron chi connectivity index (χ3n) is 2.31. The van der Waals surface area contributed by atoms with E-state index >= 15 is 0 Å². The standard InChI is InChI=1S/C10H7F2NO3/c11-6-3-5(4-7(12)10(6)16)13-8(14)1-2-9(13)15/h3-4,16H,1-2H2. The summed E-state index contributed by atoms with van der Waals surface area (Å²) in [4.78, 5) is 23.3. The summed E-state index contributed by atoms with van der Waals surface area (Å²) in [5.41, 5.74) is -0.194. The fraction of sp³-hybridized carbons (Fsp3) is 0.200. The van der Waals surface area contributed by atoms with E-state index in [1.807, 2.05) is 0 Å². The van der Waals surface area contributed by atoms with Crippen molar-refractivity contribution in [3.8, 4) is 5.75 Å². The largest absolute Gasteiger partial charge is 0.503 e. The quantitative estimate of drug-likeness (QED) is 0.736. The second-order valence-corrected chi connectivity index (χ2v) is 3.38. The van der Waals surface area contributed by atoms with Gasteiger partial charge in [0.15, 0.2) is 17.4 Å². The van der Waals surface area contributed by atoms with Crippen LogP contribution in [0.2, 0.25) is 0 Å². The van der Waals surface area contributed by atoms with Gasteiger partial charge in [0.05, 0.1) is 5.69 Å². The van der Waals surface area contributed by atoms with E-state index in [4.69, 9.17) is 5.11 Å². The average Bonchev–Trinajstić information content (AvgIpc) is 2.54. The van der Waals surface area contributed by atoms with Crippen LogP contribution >= 0.6 is 0 Å². The van der Waals surface area contributed by atoms with Crippen LogP contribution in [0.4, 0.5) is 14.5 Å². The number of anilines is 1. The Hall–Kier alpha value is -1.98. The summed E-state index contributed by atoms with van der Waals surface area (Å²) in [7, 11) is 0. The molecule has 1 aromatic rings. The molecule has 0 bridgehead atoms. The molecule has 0 saturated carbocycles. The minimum absolute atomic E-state index is 0.0307. The van der Waals surface area contributed by atoms with Gasteiger partial charge in [-0.15, -0.1) is 0 Å². The van der Waals surface area contributed by atoms with Gasteiger partial charge in [0.25, 0.3) is 0 Å². The monoisotopic (exact) mass is 227 g/mol. The summed E-state index contributed by atoms with van der Waals surface area (Å²) in [5, 5.41) is 8.87. The molecule has 0 radical (unpaired) electrons. The van der Waals surface area contributed by atoms with Crippen molar-refractivity contribution in [3.05, 3.63) is 23.8 Å². The van der Waals surface area contributed by atoms with Crippen LogP contribution < -0.4 is 4.90 Å². The molecule has 0 spiro atoms. The molecule has 6 heteroatoms. The van der Waals surface area contributed by atoms with Crippen molar-refractivity contribution in [1.82, 2.24) is 0 Å². The third-order valence-corrected chi connectivity index (χ3v) is 2.31. The predicted octanol–water partition coefficient (Wildman–Crippen LogP) is 1.32. The first-order valence-electron chi connectivity index (χ1n) is 4.54. The third kappa shape index (κ3) is 1.52. The maximum Gasteiger partial charge on any atom is 0.234 e. The summed E-state index contributed by atoms with van der Waals surface area (Å²) in [6.45, 7) is 0. The van der Waals surface area contributed by atoms with E-state index < -0.39 is 29.2 Å². The molecule has 1 aliphatic heterocycles. The van der Waals surface area contributed by atoms with Crippen LogP contribution in [0.3, 0.4) is 0 Å². The maximum absolute atomic E-state index is 13.0. The minimum Gasteiger partial charge on any atom is -0.503 e. The summed E-state index contributed by atoms with van der Waals surface area (Å²) >= 11 is 0. The van der Waals surface area contributed by atoms with Gasteiger partial charge in [0, 0.05) is 25.0 Å². The molecule has 1 aromatic carbocycles. The van der Waals surface area contributed by atoms with Crippen molar-refractivity contribution in [2.45, 2.75) is 12.8 Å². The molecule has 4 nitrogen and oxygen atoms in total. The van der Waals surface area contributed by atoms with Crippen LogP contribution in [0.15, 0.2) is 12.1 Å². The molecule has 0 aromatic heterocycles. The molecule has 1 aliphatic rings. The lowest BCUT2D eigenvalue weighted by Crippen LogP contribution is -2.28. The van der Waals surface area contributed by atoms with Gasteiger partial charge in [-0.2, -0.15) is 0 Å². The fourth-order valence-corrected chi connectivity index (χ4v) is 1.55. The first-order chi connectivity index (χ1) is 7.50. The number of benzene rings is 1. The van der Waals surface area contributed by atoms with Crippen molar-refractivity contribution in [2.75, 3.05) is 4.90 Å². The number of amides is 2. The number of carbonyl (C=O) groups excluding carboxylic acids is 2. The molecular weight excluding hydrogens is 220 g/mol. The molecule has 2 amide bonds. The number of halogens is 2. The smallest absolute Gasteiger partial charge is 0.234 e. The van der Waals surface area contributed by atoms with Crippen molar-refractivity contribution in [2.24, 2.45) is 0 Å². The minimum atomic E-state index is -1.21. The van der Waals surface area contributed by atoms with E-state index in [0.29, 0.717) is 4.90 Å². The number of carbonyl (C=O) groups is 2. The highest BCUT2D eigenvalue weighted by atomic mass is 19.1. The molecule has 1 N–H and O–H groups in total. The van der Waals surface area contributed by atoms with Crippen molar-refractivity contribution < 1.29 is 23.5 Å². The van der Waals surface area contributed by atoms with Gasteiger partial charge < -0.3 is 5.11 Å². The average molecular weight is 227 g/mol. The fourth-order valence-electron chi connectivity index (χ4n) is 1.55. The number of aromatic hydroxyl groups is 1. The van der Waals surface area contributed by atoms with E-state index in [1.165, 1.54) is 0 Å². The van der Waals surface area contributed by atoms with Gasteiger partial charge in [-0.3, -0.25) is 14.5 Å². The van der Waals surface area contributed by atoms with E-state index in [0.717, 1.165) is 12.1 Å². The van der Waals surface area contributed by atoms with Crippen molar-refractivity contribution in [3.63, 3.8) is 0 Å².